The first-order valence-corrected chi connectivity index (χ1v) is 2.07. The molecule has 0 bridgehead atoms. The molecule has 0 aromatic rings. The van der Waals surface area contributed by atoms with Crippen molar-refractivity contribution >= 4 is 0 Å². The molecule has 0 N–H and O–H groups in total. The van der Waals surface area contributed by atoms with Gasteiger partial charge in [0.25, 0.3) is 0 Å². The van der Waals surface area contributed by atoms with Crippen LogP contribution in [-0.4, -0.2) is 0 Å². The van der Waals surface area contributed by atoms with Crippen molar-refractivity contribution in [3.05, 3.63) is 31.2 Å². The Labute approximate surface area is 92.2 Å². The molecule has 0 aromatic heterocycles. The van der Waals surface area contributed by atoms with Gasteiger partial charge in [0.1, 0.15) is 0 Å². The molecule has 0 spiro atoms. The second-order valence-electron chi connectivity index (χ2n) is 1.43. The third-order valence-electron chi connectivity index (χ3n) is 0.828. The fourth-order valence-electron chi connectivity index (χ4n) is 0.478. The van der Waals surface area contributed by atoms with Gasteiger partial charge in [0.05, 0.1) is 0 Å². The number of allylic oxidation sites excluding steroid dienone is 4. The predicted octanol–water partition coefficient (Wildman–Crippen LogP) is -4.43. The summed E-state index contributed by atoms with van der Waals surface area (Å²) in [5.74, 6) is 0.435. The molecule has 0 saturated heterocycles. The first kappa shape index (κ1) is 16.6. The average Bonchev–Trinajstić information content (AvgIpc) is 1.86. The Kier molecular flexibility index (Phi) is 16.9. The maximum Gasteiger partial charge on any atom is 3.00 e. The SMILES string of the molecule is [Br-].[Br-].[CH2-]C1C=CC=C1.[Ti+3]. The van der Waals surface area contributed by atoms with Crippen molar-refractivity contribution < 1.29 is 55.7 Å². The molecule has 49 valence electrons. The molecular weight excluding hydrogens is 280 g/mol. The monoisotopic (exact) mass is 285 g/mol. The molecule has 0 atom stereocenters. The Morgan fingerprint density at radius 2 is 1.33 bits per heavy atom. The van der Waals surface area contributed by atoms with Gasteiger partial charge in [-0.3, -0.25) is 0 Å². The third kappa shape index (κ3) is 7.05. The molecule has 1 radical (unpaired) electrons. The molecule has 0 nitrogen and oxygen atoms in total. The van der Waals surface area contributed by atoms with Crippen LogP contribution in [0.2, 0.25) is 0 Å². The quantitative estimate of drug-likeness (QED) is 0.312. The van der Waals surface area contributed by atoms with Crippen LogP contribution in [0.5, 0.6) is 0 Å². The summed E-state index contributed by atoms with van der Waals surface area (Å²) in [5, 5.41) is 0. The normalized spacial score (nSPS) is 13.4. The van der Waals surface area contributed by atoms with Gasteiger partial charge >= 0.3 is 21.7 Å². The number of hydrogen-bond acceptors (Lipinski definition) is 0. The molecule has 0 aliphatic heterocycles. The van der Waals surface area contributed by atoms with Crippen molar-refractivity contribution in [1.82, 2.24) is 0 Å². The van der Waals surface area contributed by atoms with Gasteiger partial charge in [-0.05, 0) is 0 Å². The van der Waals surface area contributed by atoms with E-state index in [1.165, 1.54) is 0 Å². The zero-order chi connectivity index (χ0) is 4.41. The van der Waals surface area contributed by atoms with E-state index in [1.807, 2.05) is 12.2 Å². The molecule has 1 rings (SSSR count). The van der Waals surface area contributed by atoms with Crippen molar-refractivity contribution in [3.63, 3.8) is 0 Å². The zero-order valence-corrected chi connectivity index (χ0v) is 9.58. The zero-order valence-electron chi connectivity index (χ0n) is 4.85. The molecule has 9 heavy (non-hydrogen) atoms. The number of halogens is 2. The summed E-state index contributed by atoms with van der Waals surface area (Å²) in [6, 6.07) is 0. The Hall–Kier alpha value is 1.15. The Bertz CT molecular complexity index is 87.2. The number of hydrogen-bond donors (Lipinski definition) is 0. The Balaban J connectivity index is -0.000000120. The van der Waals surface area contributed by atoms with Gasteiger partial charge in [-0.2, -0.15) is 0 Å². The van der Waals surface area contributed by atoms with Crippen LogP contribution < -0.4 is 34.0 Å². The molecule has 0 heterocycles. The summed E-state index contributed by atoms with van der Waals surface area (Å²) in [7, 11) is 0. The minimum Gasteiger partial charge on any atom is -1.00 e. The van der Waals surface area contributed by atoms with E-state index in [1.54, 1.807) is 0 Å². The predicted molar refractivity (Wildman–Crippen MR) is 27.1 cm³/mol. The van der Waals surface area contributed by atoms with Gasteiger partial charge in [0.15, 0.2) is 0 Å². The average molecular weight is 287 g/mol. The van der Waals surface area contributed by atoms with E-state index in [-0.39, 0.29) is 55.7 Å². The Morgan fingerprint density at radius 1 is 1.00 bits per heavy atom. The van der Waals surface area contributed by atoms with Gasteiger partial charge < -0.3 is 40.9 Å². The van der Waals surface area contributed by atoms with Gasteiger partial charge in [-0.25, -0.2) is 0 Å². The summed E-state index contributed by atoms with van der Waals surface area (Å²) in [5.41, 5.74) is 0. The van der Waals surface area contributed by atoms with Crippen molar-refractivity contribution in [2.75, 3.05) is 0 Å². The molecular formula is C6H7Br2Ti. The van der Waals surface area contributed by atoms with E-state index in [4.69, 9.17) is 0 Å². The molecule has 1 aliphatic carbocycles. The maximum absolute atomic E-state index is 3.76. The minimum atomic E-state index is 0. The largest absolute Gasteiger partial charge is 3.00 e. The molecule has 0 amide bonds. The van der Waals surface area contributed by atoms with E-state index < -0.39 is 0 Å². The third-order valence-corrected chi connectivity index (χ3v) is 0.828. The van der Waals surface area contributed by atoms with Crippen LogP contribution in [-0.2, 0) is 21.7 Å². The van der Waals surface area contributed by atoms with Gasteiger partial charge in [-0.15, -0.1) is 18.1 Å². The molecule has 0 fully saturated rings. The van der Waals surface area contributed by atoms with Crippen LogP contribution in [0.15, 0.2) is 24.3 Å². The smallest absolute Gasteiger partial charge is 1.00 e. The standard InChI is InChI=1S/C6H7.2BrH.Ti/c1-6-4-2-3-5-6;;;/h2-6H,1H2;2*1H;/q-1;;;+3/p-2. The first-order valence-electron chi connectivity index (χ1n) is 2.07. The summed E-state index contributed by atoms with van der Waals surface area (Å²) >= 11 is 0. The second-order valence-corrected chi connectivity index (χ2v) is 1.43. The van der Waals surface area contributed by atoms with E-state index >= 15 is 0 Å². The van der Waals surface area contributed by atoms with Crippen LogP contribution in [0.4, 0.5) is 0 Å². The Morgan fingerprint density at radius 3 is 1.44 bits per heavy atom. The first-order chi connectivity index (χ1) is 2.89. The van der Waals surface area contributed by atoms with Gasteiger partial charge in [0.2, 0.25) is 0 Å². The summed E-state index contributed by atoms with van der Waals surface area (Å²) in [6.45, 7) is 3.76. The van der Waals surface area contributed by atoms with Crippen LogP contribution in [0, 0.1) is 12.8 Å². The van der Waals surface area contributed by atoms with Crippen LogP contribution in [0.3, 0.4) is 0 Å². The van der Waals surface area contributed by atoms with E-state index in [9.17, 15) is 0 Å². The summed E-state index contributed by atoms with van der Waals surface area (Å²) in [4.78, 5) is 0. The fraction of sp³-hybridized carbons (Fsp3) is 0.167. The second kappa shape index (κ2) is 9.15. The maximum atomic E-state index is 3.76. The van der Waals surface area contributed by atoms with E-state index in [2.05, 4.69) is 19.1 Å². The van der Waals surface area contributed by atoms with Gasteiger partial charge in [0, 0.05) is 0 Å². The van der Waals surface area contributed by atoms with E-state index in [0.29, 0.717) is 5.92 Å². The van der Waals surface area contributed by atoms with Crippen LogP contribution in [0.1, 0.15) is 0 Å². The van der Waals surface area contributed by atoms with Crippen molar-refractivity contribution in [1.29, 1.82) is 0 Å². The van der Waals surface area contributed by atoms with Crippen molar-refractivity contribution in [2.24, 2.45) is 5.92 Å². The van der Waals surface area contributed by atoms with Gasteiger partial charge in [-0.1, -0.05) is 12.2 Å². The molecule has 0 aromatic carbocycles. The molecule has 3 heteroatoms. The fourth-order valence-corrected chi connectivity index (χ4v) is 0.478. The summed E-state index contributed by atoms with van der Waals surface area (Å²) < 4.78 is 0. The topological polar surface area (TPSA) is 0 Å². The molecule has 0 unspecified atom stereocenters. The van der Waals surface area contributed by atoms with Crippen LogP contribution >= 0.6 is 0 Å². The van der Waals surface area contributed by atoms with Crippen LogP contribution in [0.25, 0.3) is 0 Å². The van der Waals surface area contributed by atoms with Crippen molar-refractivity contribution in [3.8, 4) is 0 Å². The molecule has 0 saturated carbocycles. The minimum absolute atomic E-state index is 0. The number of rotatable bonds is 0. The molecule has 1 aliphatic rings. The van der Waals surface area contributed by atoms with Crippen molar-refractivity contribution in [2.45, 2.75) is 0 Å². The van der Waals surface area contributed by atoms with E-state index in [0.717, 1.165) is 0 Å². The summed E-state index contributed by atoms with van der Waals surface area (Å²) in [6.07, 6.45) is 8.13.